The molecule has 8 heteroatoms. The van der Waals surface area contributed by atoms with Gasteiger partial charge < -0.3 is 11.1 Å². The maximum absolute atomic E-state index is 11.5. The van der Waals surface area contributed by atoms with E-state index in [1.54, 1.807) is 0 Å². The number of nitrogens with zero attached hydrogens (tertiary/aromatic N) is 4. The maximum atomic E-state index is 11.5. The van der Waals surface area contributed by atoms with Crippen LogP contribution in [0.3, 0.4) is 0 Å². The lowest BCUT2D eigenvalue weighted by atomic mass is 10.4. The summed E-state index contributed by atoms with van der Waals surface area (Å²) in [5, 5.41) is 9.11. The number of hydrogen-bond donors (Lipinski definition) is 2. The second kappa shape index (κ2) is 3.70. The monoisotopic (exact) mass is 206 g/mol. The Morgan fingerprint density at radius 2 is 2.07 bits per heavy atom. The van der Waals surface area contributed by atoms with Crippen LogP contribution in [-0.4, -0.2) is 26.2 Å². The molecule has 0 unspecified atom stereocenters. The van der Waals surface area contributed by atoms with Crippen LogP contribution in [0.15, 0.2) is 23.4 Å². The lowest BCUT2D eigenvalue weighted by Crippen LogP contribution is -2.14. The average Bonchev–Trinajstić information content (AvgIpc) is 2.66. The first-order valence-corrected chi connectivity index (χ1v) is 3.92. The summed E-state index contributed by atoms with van der Waals surface area (Å²) < 4.78 is 4.29. The molecule has 76 valence electrons. The lowest BCUT2D eigenvalue weighted by molar-refractivity contribution is 0.101. The summed E-state index contributed by atoms with van der Waals surface area (Å²) in [6, 6.07) is 0. The number of nitrogens with two attached hydrogens (primary N) is 1. The number of rotatable bonds is 2. The summed E-state index contributed by atoms with van der Waals surface area (Å²) >= 11 is 0. The number of amides is 1. The molecule has 0 aliphatic carbocycles. The third kappa shape index (κ3) is 1.88. The molecule has 3 N–H and O–H groups in total. The average molecular weight is 206 g/mol. The van der Waals surface area contributed by atoms with Crippen molar-refractivity contribution in [2.75, 3.05) is 11.1 Å². The third-order valence-electron chi connectivity index (χ3n) is 1.55. The molecule has 0 saturated heterocycles. The van der Waals surface area contributed by atoms with Gasteiger partial charge >= 0.3 is 0 Å². The topological polar surface area (TPSA) is 120 Å². The number of aromatic nitrogens is 4. The SMILES string of the molecule is Nc1nonc1C(=O)Nc1cncnc1. The molecule has 0 radical (unpaired) electrons. The summed E-state index contributed by atoms with van der Waals surface area (Å²) in [5.74, 6) is -0.590. The van der Waals surface area contributed by atoms with Gasteiger partial charge in [0, 0.05) is 0 Å². The van der Waals surface area contributed by atoms with Gasteiger partial charge in [-0.3, -0.25) is 4.79 Å². The highest BCUT2D eigenvalue weighted by molar-refractivity contribution is 6.05. The van der Waals surface area contributed by atoms with Crippen LogP contribution in [0, 0.1) is 0 Å². The number of nitrogens with one attached hydrogen (secondary N) is 1. The van der Waals surface area contributed by atoms with E-state index in [9.17, 15) is 4.79 Å². The highest BCUT2D eigenvalue weighted by atomic mass is 16.6. The first kappa shape index (κ1) is 9.06. The van der Waals surface area contributed by atoms with E-state index in [0.717, 1.165) is 0 Å². The molecule has 0 aromatic carbocycles. The molecule has 0 bridgehead atoms. The van der Waals surface area contributed by atoms with Gasteiger partial charge in [0.2, 0.25) is 11.5 Å². The molecule has 0 saturated carbocycles. The normalized spacial score (nSPS) is 9.87. The van der Waals surface area contributed by atoms with Gasteiger partial charge in [-0.15, -0.1) is 0 Å². The Hall–Kier alpha value is -2.51. The molecule has 2 heterocycles. The van der Waals surface area contributed by atoms with E-state index < -0.39 is 5.91 Å². The molecule has 0 atom stereocenters. The quantitative estimate of drug-likeness (QED) is 0.691. The Balaban J connectivity index is 2.15. The van der Waals surface area contributed by atoms with Crippen LogP contribution in [0.4, 0.5) is 11.5 Å². The van der Waals surface area contributed by atoms with Crippen LogP contribution in [0.2, 0.25) is 0 Å². The van der Waals surface area contributed by atoms with Crippen LogP contribution < -0.4 is 11.1 Å². The van der Waals surface area contributed by atoms with Crippen LogP contribution in [0.1, 0.15) is 10.5 Å². The van der Waals surface area contributed by atoms with Gasteiger partial charge in [0.1, 0.15) is 6.33 Å². The highest BCUT2D eigenvalue weighted by Crippen LogP contribution is 2.08. The Labute approximate surface area is 83.5 Å². The van der Waals surface area contributed by atoms with Gasteiger partial charge in [-0.25, -0.2) is 14.6 Å². The van der Waals surface area contributed by atoms with Gasteiger partial charge in [0.25, 0.3) is 5.91 Å². The van der Waals surface area contributed by atoms with E-state index >= 15 is 0 Å². The van der Waals surface area contributed by atoms with E-state index in [4.69, 9.17) is 5.73 Å². The van der Waals surface area contributed by atoms with E-state index in [1.807, 2.05) is 0 Å². The first-order valence-electron chi connectivity index (χ1n) is 3.92. The largest absolute Gasteiger partial charge is 0.379 e. The van der Waals surface area contributed by atoms with Crippen LogP contribution >= 0.6 is 0 Å². The molecule has 8 nitrogen and oxygen atoms in total. The van der Waals surface area contributed by atoms with E-state index in [1.165, 1.54) is 18.7 Å². The number of carbonyl (C=O) groups is 1. The Kier molecular flexibility index (Phi) is 2.23. The van der Waals surface area contributed by atoms with Gasteiger partial charge in [-0.2, -0.15) is 0 Å². The third-order valence-corrected chi connectivity index (χ3v) is 1.55. The number of carbonyl (C=O) groups excluding carboxylic acids is 1. The van der Waals surface area contributed by atoms with Gasteiger partial charge in [-0.05, 0) is 10.3 Å². The molecular weight excluding hydrogens is 200 g/mol. The fourth-order valence-corrected chi connectivity index (χ4v) is 0.907. The Morgan fingerprint density at radius 1 is 1.33 bits per heavy atom. The second-order valence-corrected chi connectivity index (χ2v) is 2.58. The van der Waals surface area contributed by atoms with Gasteiger partial charge in [-0.1, -0.05) is 0 Å². The van der Waals surface area contributed by atoms with Gasteiger partial charge in [0.05, 0.1) is 18.1 Å². The predicted octanol–water partition coefficient (Wildman–Crippen LogP) is -0.306. The molecule has 15 heavy (non-hydrogen) atoms. The standard InChI is InChI=1S/C7H6N6O2/c8-6-5(12-15-13-6)7(14)11-4-1-9-3-10-2-4/h1-3H,(H2,8,13)(H,11,14). The smallest absolute Gasteiger partial charge is 0.281 e. The minimum absolute atomic E-state index is 0.0654. The molecule has 0 aliphatic rings. The highest BCUT2D eigenvalue weighted by Gasteiger charge is 2.15. The van der Waals surface area contributed by atoms with Crippen molar-refractivity contribution in [3.8, 4) is 0 Å². The number of hydrogen-bond acceptors (Lipinski definition) is 7. The minimum atomic E-state index is -0.524. The van der Waals surface area contributed by atoms with Crippen molar-refractivity contribution in [2.45, 2.75) is 0 Å². The molecule has 0 aliphatic heterocycles. The zero-order valence-electron chi connectivity index (χ0n) is 7.41. The molecule has 2 rings (SSSR count). The molecular formula is C7H6N6O2. The van der Waals surface area contributed by atoms with Crippen molar-refractivity contribution in [2.24, 2.45) is 0 Å². The molecule has 0 spiro atoms. The van der Waals surface area contributed by atoms with Crippen LogP contribution in [0.5, 0.6) is 0 Å². The zero-order valence-corrected chi connectivity index (χ0v) is 7.41. The molecule has 1 amide bonds. The minimum Gasteiger partial charge on any atom is -0.379 e. The fourth-order valence-electron chi connectivity index (χ4n) is 0.907. The Morgan fingerprint density at radius 3 is 2.67 bits per heavy atom. The zero-order chi connectivity index (χ0) is 10.7. The van der Waals surface area contributed by atoms with Crippen LogP contribution in [0.25, 0.3) is 0 Å². The van der Waals surface area contributed by atoms with Crippen molar-refractivity contribution in [1.82, 2.24) is 20.3 Å². The van der Waals surface area contributed by atoms with Crippen molar-refractivity contribution in [3.05, 3.63) is 24.4 Å². The summed E-state index contributed by atoms with van der Waals surface area (Å²) in [5.41, 5.74) is 5.70. The summed E-state index contributed by atoms with van der Waals surface area (Å²) in [6.07, 6.45) is 4.23. The van der Waals surface area contributed by atoms with Crippen molar-refractivity contribution in [3.63, 3.8) is 0 Å². The Bertz CT molecular complexity index is 467. The molecule has 0 fully saturated rings. The summed E-state index contributed by atoms with van der Waals surface area (Å²) in [7, 11) is 0. The maximum Gasteiger partial charge on any atom is 0.281 e. The van der Waals surface area contributed by atoms with E-state index in [-0.39, 0.29) is 11.5 Å². The molecule has 2 aromatic heterocycles. The fraction of sp³-hybridized carbons (Fsp3) is 0. The van der Waals surface area contributed by atoms with Crippen molar-refractivity contribution >= 4 is 17.4 Å². The van der Waals surface area contributed by atoms with Crippen molar-refractivity contribution in [1.29, 1.82) is 0 Å². The second-order valence-electron chi connectivity index (χ2n) is 2.58. The van der Waals surface area contributed by atoms with E-state index in [0.29, 0.717) is 5.69 Å². The van der Waals surface area contributed by atoms with E-state index in [2.05, 4.69) is 30.2 Å². The predicted molar refractivity (Wildman–Crippen MR) is 48.7 cm³/mol. The number of anilines is 2. The van der Waals surface area contributed by atoms with Crippen LogP contribution in [-0.2, 0) is 0 Å². The number of nitrogen functional groups attached to an aromatic ring is 1. The van der Waals surface area contributed by atoms with Gasteiger partial charge in [0.15, 0.2) is 0 Å². The molecule has 2 aromatic rings. The van der Waals surface area contributed by atoms with Crippen molar-refractivity contribution < 1.29 is 9.42 Å². The lowest BCUT2D eigenvalue weighted by Gasteiger charge is -1.99. The first-order chi connectivity index (χ1) is 7.27. The summed E-state index contributed by atoms with van der Waals surface area (Å²) in [6.45, 7) is 0. The summed E-state index contributed by atoms with van der Waals surface area (Å²) in [4.78, 5) is 18.9.